The molecule has 3 aromatic rings. The van der Waals surface area contributed by atoms with Crippen LogP contribution in [-0.2, 0) is 42.5 Å². The fourth-order valence-electron chi connectivity index (χ4n) is 6.45. The third kappa shape index (κ3) is 7.55. The Balaban J connectivity index is 0.000000168. The molecule has 2 N–H and O–H groups in total. The predicted octanol–water partition coefficient (Wildman–Crippen LogP) is 0.635. The Morgan fingerprint density at radius 2 is 1.36 bits per heavy atom. The summed E-state index contributed by atoms with van der Waals surface area (Å²) in [4.78, 5) is 8.04. The van der Waals surface area contributed by atoms with Gasteiger partial charge in [-0.05, 0) is 44.7 Å². The lowest BCUT2D eigenvalue weighted by atomic mass is 10.0. The number of fused-ring (bicyclic) bond motifs is 4. The van der Waals surface area contributed by atoms with E-state index in [0.717, 1.165) is 42.6 Å². The van der Waals surface area contributed by atoms with E-state index in [1.54, 1.807) is 21.8 Å². The summed E-state index contributed by atoms with van der Waals surface area (Å²) in [5.74, 6) is 0.861. The molecule has 254 valence electrons. The number of aryl methyl sites for hydroxylation is 1. The molecular formula is C26H35N11O8S2. The first kappa shape index (κ1) is 32.8. The van der Waals surface area contributed by atoms with Gasteiger partial charge in [0.25, 0.3) is 0 Å². The number of hydroxylamine groups is 4. The Bertz CT molecular complexity index is 1830. The maximum absolute atomic E-state index is 11.0. The zero-order valence-corrected chi connectivity index (χ0v) is 27.1. The van der Waals surface area contributed by atoms with Crippen LogP contribution in [0.5, 0.6) is 0 Å². The van der Waals surface area contributed by atoms with E-state index in [0.29, 0.717) is 37.8 Å². The zero-order chi connectivity index (χ0) is 33.5. The number of piperidine rings is 2. The van der Waals surface area contributed by atoms with E-state index in [9.17, 15) is 16.8 Å². The second-order valence-corrected chi connectivity index (χ2v) is 13.7. The highest BCUT2D eigenvalue weighted by atomic mass is 32.3. The van der Waals surface area contributed by atoms with Gasteiger partial charge in [0.15, 0.2) is 0 Å². The van der Waals surface area contributed by atoms with E-state index in [4.69, 9.17) is 9.11 Å². The molecule has 4 aliphatic rings. The lowest BCUT2D eigenvalue weighted by molar-refractivity contribution is -0.0456. The van der Waals surface area contributed by atoms with Gasteiger partial charge >= 0.3 is 20.8 Å². The van der Waals surface area contributed by atoms with Crippen LogP contribution in [0.4, 0.5) is 0 Å². The van der Waals surface area contributed by atoms with Crippen LogP contribution in [0, 0.1) is 6.92 Å². The average molecular weight is 694 g/mol. The maximum atomic E-state index is 11.0. The maximum Gasteiger partial charge on any atom is 0.418 e. The molecule has 0 saturated carbocycles. The number of pyridine rings is 1. The van der Waals surface area contributed by atoms with Crippen LogP contribution < -0.4 is 0 Å². The van der Waals surface area contributed by atoms with Gasteiger partial charge < -0.3 is 9.80 Å². The van der Waals surface area contributed by atoms with Crippen LogP contribution in [0.2, 0.25) is 0 Å². The summed E-state index contributed by atoms with van der Waals surface area (Å²) in [5, 5.41) is 18.7. The van der Waals surface area contributed by atoms with Crippen molar-refractivity contribution >= 4 is 20.8 Å². The molecule has 19 nitrogen and oxygen atoms in total. The summed E-state index contributed by atoms with van der Waals surface area (Å²) in [5.41, 5.74) is 2.48. The Morgan fingerprint density at radius 3 is 1.83 bits per heavy atom. The van der Waals surface area contributed by atoms with Crippen molar-refractivity contribution in [2.75, 3.05) is 13.1 Å². The molecule has 4 saturated heterocycles. The van der Waals surface area contributed by atoms with Gasteiger partial charge in [-0.15, -0.1) is 18.8 Å². The van der Waals surface area contributed by atoms with Crippen molar-refractivity contribution in [2.45, 2.75) is 69.9 Å². The minimum Gasteiger partial charge on any atom is -0.350 e. The first-order valence-electron chi connectivity index (χ1n) is 14.7. The minimum absolute atomic E-state index is 0.0807. The molecule has 4 fully saturated rings. The van der Waals surface area contributed by atoms with Crippen molar-refractivity contribution in [3.8, 4) is 11.3 Å². The van der Waals surface area contributed by atoms with Gasteiger partial charge in [-0.3, -0.25) is 18.8 Å². The van der Waals surface area contributed by atoms with Crippen molar-refractivity contribution in [3.63, 3.8) is 0 Å². The highest BCUT2D eigenvalue weighted by Gasteiger charge is 2.44. The molecule has 0 spiro atoms. The molecule has 21 heteroatoms. The normalized spacial score (nSPS) is 24.1. The van der Waals surface area contributed by atoms with Crippen molar-refractivity contribution < 1.29 is 34.5 Å². The molecule has 4 aliphatic heterocycles. The van der Waals surface area contributed by atoms with Crippen LogP contribution in [0.3, 0.4) is 0 Å². The van der Waals surface area contributed by atoms with Crippen molar-refractivity contribution in [1.82, 2.24) is 54.9 Å². The van der Waals surface area contributed by atoms with Gasteiger partial charge in [0.05, 0.1) is 49.1 Å². The highest BCUT2D eigenvalue weighted by molar-refractivity contribution is 7.81. The molecule has 4 atom stereocenters. The van der Waals surface area contributed by atoms with Crippen molar-refractivity contribution in [2.24, 2.45) is 0 Å². The Kier molecular flexibility index (Phi) is 8.93. The van der Waals surface area contributed by atoms with Crippen LogP contribution in [0.1, 0.15) is 31.4 Å². The minimum atomic E-state index is -4.58. The van der Waals surface area contributed by atoms with E-state index in [1.165, 1.54) is 10.1 Å². The second-order valence-electron chi connectivity index (χ2n) is 11.7. The third-order valence-corrected chi connectivity index (χ3v) is 9.19. The monoisotopic (exact) mass is 693 g/mol. The van der Waals surface area contributed by atoms with Gasteiger partial charge in [-0.1, -0.05) is 23.6 Å². The smallest absolute Gasteiger partial charge is 0.350 e. The van der Waals surface area contributed by atoms with Gasteiger partial charge in [-0.2, -0.15) is 16.8 Å². The van der Waals surface area contributed by atoms with E-state index < -0.39 is 20.8 Å². The van der Waals surface area contributed by atoms with Crippen molar-refractivity contribution in [3.05, 3.63) is 67.4 Å². The molecule has 4 bridgehead atoms. The van der Waals surface area contributed by atoms with Crippen molar-refractivity contribution in [1.29, 1.82) is 0 Å². The van der Waals surface area contributed by atoms with Crippen LogP contribution in [0.25, 0.3) is 11.3 Å². The first-order chi connectivity index (χ1) is 22.2. The predicted molar refractivity (Wildman–Crippen MR) is 162 cm³/mol. The van der Waals surface area contributed by atoms with Gasteiger partial charge in [-0.25, -0.2) is 14.8 Å². The van der Waals surface area contributed by atoms with Gasteiger partial charge in [0.2, 0.25) is 0 Å². The van der Waals surface area contributed by atoms with E-state index in [1.807, 2.05) is 41.2 Å². The second kappa shape index (κ2) is 12.8. The molecule has 0 amide bonds. The molecular weight excluding hydrogens is 658 g/mol. The molecule has 7 rings (SSSR count). The quantitative estimate of drug-likeness (QED) is 0.294. The summed E-state index contributed by atoms with van der Waals surface area (Å²) in [6, 6.07) is 3.71. The molecule has 0 aliphatic carbocycles. The van der Waals surface area contributed by atoms with Crippen LogP contribution >= 0.6 is 0 Å². The molecule has 0 unspecified atom stereocenters. The average Bonchev–Trinajstić information content (AvgIpc) is 3.76. The fourth-order valence-corrected chi connectivity index (χ4v) is 7.27. The molecule has 47 heavy (non-hydrogen) atoms. The van der Waals surface area contributed by atoms with Gasteiger partial charge in [0, 0.05) is 37.2 Å². The Labute approximate surface area is 271 Å². The number of hydrogen-bond donors (Lipinski definition) is 2. The van der Waals surface area contributed by atoms with Gasteiger partial charge in [0.1, 0.15) is 17.3 Å². The molecule has 0 radical (unpaired) electrons. The SMILES string of the molecule is C=C1N2C[C@@H](CC[C@H]2Cn2cc(-c3cccnc3)nn2)N1OS(=O)(=O)O.C=C1N2C[C@@H](CC[C@H]2Cn2cc(C)nn2)N1OS(=O)(=O)O. The summed E-state index contributed by atoms with van der Waals surface area (Å²) in [6.45, 7) is 12.1. The number of aromatic nitrogens is 7. The molecule has 0 aromatic carbocycles. The Hall–Kier alpha value is -4.15. The van der Waals surface area contributed by atoms with Crippen LogP contribution in [-0.4, -0.2) is 118 Å². The largest absolute Gasteiger partial charge is 0.418 e. The Morgan fingerprint density at radius 1 is 0.830 bits per heavy atom. The molecule has 7 heterocycles. The first-order valence-corrected chi connectivity index (χ1v) is 17.5. The lowest BCUT2D eigenvalue weighted by Crippen LogP contribution is -2.40. The number of nitrogens with zero attached hydrogens (tertiary/aromatic N) is 11. The molecule has 3 aromatic heterocycles. The number of rotatable bonds is 9. The topological polar surface area (TPSA) is 214 Å². The zero-order valence-electron chi connectivity index (χ0n) is 25.4. The summed E-state index contributed by atoms with van der Waals surface area (Å²) in [7, 11) is -9.12. The third-order valence-electron chi connectivity index (χ3n) is 8.49. The van der Waals surface area contributed by atoms with E-state index in [-0.39, 0.29) is 24.2 Å². The highest BCUT2D eigenvalue weighted by Crippen LogP contribution is 2.36. The van der Waals surface area contributed by atoms with Crippen LogP contribution in [0.15, 0.2) is 61.7 Å². The lowest BCUT2D eigenvalue weighted by Gasteiger charge is -2.31. The fraction of sp³-hybridized carbons (Fsp3) is 0.500. The van der Waals surface area contributed by atoms with E-state index in [2.05, 4.69) is 47.3 Å². The summed E-state index contributed by atoms with van der Waals surface area (Å²) < 4.78 is 74.5. The summed E-state index contributed by atoms with van der Waals surface area (Å²) >= 11 is 0. The van der Waals surface area contributed by atoms with E-state index >= 15 is 0 Å². The summed E-state index contributed by atoms with van der Waals surface area (Å²) in [6.07, 6.45) is 10.3. The standard InChI is InChI=1S/C15H18N6O4S.C11H17N5O4S/c1-11-20-9-14(21(11)25-26(22,23)24)5-4-13(20)8-19-10-15(17-18-19)12-3-2-6-16-7-12;1-8-5-14(13-12-8)6-10-3-4-11-7-15(10)9(2)16(11)20-21(17,18)19/h2-3,6-7,10,13-14H,1,4-5,8-9H2,(H,22,23,24);5,10-11H,2-4,6-7H2,1H3,(H,17,18,19)/t13-,14+;10-,11+/m00/s1. The number of hydrogen-bond acceptors (Lipinski definition) is 15.